The van der Waals surface area contributed by atoms with Crippen molar-refractivity contribution in [1.29, 1.82) is 0 Å². The van der Waals surface area contributed by atoms with Crippen molar-refractivity contribution in [2.24, 2.45) is 0 Å². The third-order valence-electron chi connectivity index (χ3n) is 2.41. The molecule has 2 rings (SSSR count). The van der Waals surface area contributed by atoms with Crippen molar-refractivity contribution < 1.29 is 0 Å². The number of aryl methyl sites for hydroxylation is 1. The zero-order chi connectivity index (χ0) is 14.0. The molecule has 0 aromatic carbocycles. The van der Waals surface area contributed by atoms with E-state index < -0.39 is 0 Å². The third kappa shape index (κ3) is 3.36. The van der Waals surface area contributed by atoms with Gasteiger partial charge in [-0.3, -0.25) is 4.57 Å². The van der Waals surface area contributed by atoms with E-state index in [2.05, 4.69) is 20.2 Å². The molecule has 2 heterocycles. The summed E-state index contributed by atoms with van der Waals surface area (Å²) in [4.78, 5) is 8.50. The smallest absolute Gasteiger partial charge is 0.222 e. The number of nitrogens with zero attached hydrogens (tertiary/aromatic N) is 5. The first-order valence-electron chi connectivity index (χ1n) is 5.80. The van der Waals surface area contributed by atoms with Crippen molar-refractivity contribution in [3.63, 3.8) is 0 Å². The number of nitrogen functional groups attached to an aromatic ring is 1. The standard InChI is InChI=1S/C11H15ClN6S/c1-6(2)18-10(13)16-17-11(18)19-5-9-14-7(3)4-8(12)15-9/h4,6H,5H2,1-3H3,(H2,13,16). The highest BCUT2D eigenvalue weighted by molar-refractivity contribution is 7.98. The van der Waals surface area contributed by atoms with Gasteiger partial charge in [-0.25, -0.2) is 9.97 Å². The van der Waals surface area contributed by atoms with Crippen LogP contribution in [0.25, 0.3) is 0 Å². The van der Waals surface area contributed by atoms with Crippen LogP contribution in [0.4, 0.5) is 5.95 Å². The van der Waals surface area contributed by atoms with Crippen LogP contribution in [0, 0.1) is 6.92 Å². The van der Waals surface area contributed by atoms with Crippen LogP contribution in [0.5, 0.6) is 0 Å². The van der Waals surface area contributed by atoms with Gasteiger partial charge in [0.05, 0.1) is 5.75 Å². The van der Waals surface area contributed by atoms with Crippen LogP contribution in [0.1, 0.15) is 31.4 Å². The van der Waals surface area contributed by atoms with Gasteiger partial charge in [0.25, 0.3) is 0 Å². The highest BCUT2D eigenvalue weighted by Gasteiger charge is 2.13. The van der Waals surface area contributed by atoms with Crippen molar-refractivity contribution in [2.45, 2.75) is 37.7 Å². The predicted octanol–water partition coefficient (Wildman–Crippen LogP) is 2.49. The second kappa shape index (κ2) is 5.75. The first-order valence-corrected chi connectivity index (χ1v) is 7.17. The highest BCUT2D eigenvalue weighted by Crippen LogP contribution is 2.25. The van der Waals surface area contributed by atoms with Gasteiger partial charge in [-0.05, 0) is 26.8 Å². The van der Waals surface area contributed by atoms with Crippen LogP contribution in [0.3, 0.4) is 0 Å². The molecule has 2 aromatic heterocycles. The summed E-state index contributed by atoms with van der Waals surface area (Å²) < 4.78 is 1.88. The molecule has 6 nitrogen and oxygen atoms in total. The molecule has 0 saturated heterocycles. The summed E-state index contributed by atoms with van der Waals surface area (Å²) in [7, 11) is 0. The number of halogens is 1. The fraction of sp³-hybridized carbons (Fsp3) is 0.455. The van der Waals surface area contributed by atoms with Crippen molar-refractivity contribution >= 4 is 29.3 Å². The van der Waals surface area contributed by atoms with Crippen LogP contribution in [0.2, 0.25) is 5.15 Å². The molecule has 0 aliphatic rings. The maximum atomic E-state index is 5.90. The molecule has 0 fully saturated rings. The minimum Gasteiger partial charge on any atom is -0.368 e. The van der Waals surface area contributed by atoms with Crippen LogP contribution in [0.15, 0.2) is 11.2 Å². The van der Waals surface area contributed by atoms with E-state index >= 15 is 0 Å². The fourth-order valence-electron chi connectivity index (χ4n) is 1.65. The van der Waals surface area contributed by atoms with E-state index in [1.807, 2.05) is 25.3 Å². The Kier molecular flexibility index (Phi) is 4.26. The molecule has 19 heavy (non-hydrogen) atoms. The van der Waals surface area contributed by atoms with Crippen LogP contribution >= 0.6 is 23.4 Å². The quantitative estimate of drug-likeness (QED) is 0.690. The molecular weight excluding hydrogens is 284 g/mol. The summed E-state index contributed by atoms with van der Waals surface area (Å²) in [6, 6.07) is 1.93. The minimum absolute atomic E-state index is 0.208. The summed E-state index contributed by atoms with van der Waals surface area (Å²) in [5.41, 5.74) is 6.63. The number of anilines is 1. The van der Waals surface area contributed by atoms with Crippen molar-refractivity contribution in [2.75, 3.05) is 5.73 Å². The van der Waals surface area contributed by atoms with E-state index in [4.69, 9.17) is 17.3 Å². The summed E-state index contributed by atoms with van der Waals surface area (Å²) >= 11 is 7.40. The summed E-state index contributed by atoms with van der Waals surface area (Å²) in [5, 5.41) is 9.16. The molecule has 0 unspecified atom stereocenters. The molecule has 8 heteroatoms. The number of rotatable bonds is 4. The molecule has 0 aliphatic heterocycles. The number of thioether (sulfide) groups is 1. The molecule has 0 radical (unpaired) electrons. The lowest BCUT2D eigenvalue weighted by Crippen LogP contribution is -2.07. The van der Waals surface area contributed by atoms with E-state index in [1.165, 1.54) is 11.8 Å². The normalized spacial score (nSPS) is 11.2. The highest BCUT2D eigenvalue weighted by atomic mass is 35.5. The monoisotopic (exact) mass is 298 g/mol. The minimum atomic E-state index is 0.208. The summed E-state index contributed by atoms with van der Waals surface area (Å²) in [6.45, 7) is 5.95. The van der Waals surface area contributed by atoms with E-state index in [0.717, 1.165) is 10.9 Å². The Morgan fingerprint density at radius 1 is 1.37 bits per heavy atom. The van der Waals surface area contributed by atoms with E-state index in [1.54, 1.807) is 6.07 Å². The zero-order valence-corrected chi connectivity index (χ0v) is 12.5. The Bertz CT molecular complexity index is 562. The lowest BCUT2D eigenvalue weighted by molar-refractivity contribution is 0.557. The maximum absolute atomic E-state index is 5.90. The molecule has 102 valence electrons. The molecule has 0 bridgehead atoms. The largest absolute Gasteiger partial charge is 0.368 e. The second-order valence-electron chi connectivity index (χ2n) is 4.34. The van der Waals surface area contributed by atoms with Crippen molar-refractivity contribution in [3.05, 3.63) is 22.7 Å². The van der Waals surface area contributed by atoms with Gasteiger partial charge in [0.1, 0.15) is 11.0 Å². The number of aromatic nitrogens is 5. The lowest BCUT2D eigenvalue weighted by atomic mass is 10.4. The van der Waals surface area contributed by atoms with Crippen molar-refractivity contribution in [1.82, 2.24) is 24.7 Å². The van der Waals surface area contributed by atoms with Crippen molar-refractivity contribution in [3.8, 4) is 0 Å². The fourth-order valence-corrected chi connectivity index (χ4v) is 2.84. The third-order valence-corrected chi connectivity index (χ3v) is 3.54. The van der Waals surface area contributed by atoms with Gasteiger partial charge in [-0.15, -0.1) is 10.2 Å². The average Bonchev–Trinajstić information content (AvgIpc) is 2.66. The summed E-state index contributed by atoms with van der Waals surface area (Å²) in [6.07, 6.45) is 0. The van der Waals surface area contributed by atoms with Gasteiger partial charge in [0.15, 0.2) is 5.16 Å². The Morgan fingerprint density at radius 2 is 2.11 bits per heavy atom. The molecule has 0 spiro atoms. The Labute approximate surface area is 120 Å². The number of hydrogen-bond acceptors (Lipinski definition) is 6. The molecule has 2 aromatic rings. The van der Waals surface area contributed by atoms with Crippen LogP contribution in [-0.2, 0) is 5.75 Å². The molecule has 0 aliphatic carbocycles. The number of nitrogens with two attached hydrogens (primary N) is 1. The van der Waals surface area contributed by atoms with E-state index in [-0.39, 0.29) is 6.04 Å². The molecule has 2 N–H and O–H groups in total. The van der Waals surface area contributed by atoms with Gasteiger partial charge in [-0.1, -0.05) is 23.4 Å². The van der Waals surface area contributed by atoms with Gasteiger partial charge < -0.3 is 5.73 Å². The Balaban J connectivity index is 2.14. The molecule has 0 amide bonds. The Morgan fingerprint density at radius 3 is 2.74 bits per heavy atom. The average molecular weight is 299 g/mol. The second-order valence-corrected chi connectivity index (χ2v) is 5.67. The van der Waals surface area contributed by atoms with Crippen LogP contribution in [-0.4, -0.2) is 24.7 Å². The Hall–Kier alpha value is -1.34. The molecular formula is C11H15ClN6S. The lowest BCUT2D eigenvalue weighted by Gasteiger charge is -2.10. The van der Waals surface area contributed by atoms with E-state index in [0.29, 0.717) is 22.7 Å². The van der Waals surface area contributed by atoms with E-state index in [9.17, 15) is 0 Å². The predicted molar refractivity (Wildman–Crippen MR) is 76.2 cm³/mol. The SMILES string of the molecule is Cc1cc(Cl)nc(CSc2nnc(N)n2C(C)C)n1. The van der Waals surface area contributed by atoms with Crippen LogP contribution < -0.4 is 5.73 Å². The van der Waals surface area contributed by atoms with Gasteiger partial charge in [-0.2, -0.15) is 0 Å². The first kappa shape index (κ1) is 14.1. The number of hydrogen-bond donors (Lipinski definition) is 1. The van der Waals surface area contributed by atoms with Gasteiger partial charge in [0, 0.05) is 11.7 Å². The zero-order valence-electron chi connectivity index (χ0n) is 11.0. The summed E-state index contributed by atoms with van der Waals surface area (Å²) in [5.74, 6) is 1.67. The first-order chi connectivity index (χ1) is 8.97. The molecule has 0 atom stereocenters. The topological polar surface area (TPSA) is 82.5 Å². The maximum Gasteiger partial charge on any atom is 0.222 e. The van der Waals surface area contributed by atoms with Gasteiger partial charge >= 0.3 is 0 Å². The van der Waals surface area contributed by atoms with Gasteiger partial charge in [0.2, 0.25) is 5.95 Å². The molecule has 0 saturated carbocycles.